The molecule has 3 rings (SSSR count). The molecular weight excluding hydrogens is 240 g/mol. The monoisotopic (exact) mass is 256 g/mol. The molecule has 19 heavy (non-hydrogen) atoms. The van der Waals surface area contributed by atoms with Crippen molar-refractivity contribution in [1.82, 2.24) is 4.98 Å². The van der Waals surface area contributed by atoms with Crippen LogP contribution >= 0.6 is 0 Å². The molecule has 0 N–H and O–H groups in total. The number of ketones is 1. The Labute approximate surface area is 112 Å². The minimum Gasteiger partial charge on any atom is -0.467 e. The van der Waals surface area contributed by atoms with Crippen LogP contribution in [0.2, 0.25) is 0 Å². The van der Waals surface area contributed by atoms with Gasteiger partial charge in [0.2, 0.25) is 0 Å². The van der Waals surface area contributed by atoms with Crippen LogP contribution in [0, 0.1) is 0 Å². The fourth-order valence-electron chi connectivity index (χ4n) is 2.15. The smallest absolute Gasteiger partial charge is 0.159 e. The zero-order valence-corrected chi connectivity index (χ0v) is 10.9. The molecule has 0 aromatic carbocycles. The van der Waals surface area contributed by atoms with Gasteiger partial charge in [0.25, 0.3) is 0 Å². The molecule has 0 amide bonds. The van der Waals surface area contributed by atoms with Gasteiger partial charge in [0, 0.05) is 17.8 Å². The van der Waals surface area contributed by atoms with Crippen LogP contribution in [0.15, 0.2) is 41.1 Å². The van der Waals surface area contributed by atoms with Crippen LogP contribution in [-0.4, -0.2) is 16.8 Å². The van der Waals surface area contributed by atoms with Gasteiger partial charge in [-0.05, 0) is 44.0 Å². The van der Waals surface area contributed by atoms with Crippen molar-refractivity contribution in [2.45, 2.75) is 32.4 Å². The molecule has 0 aliphatic heterocycles. The van der Waals surface area contributed by atoms with E-state index in [1.54, 1.807) is 25.5 Å². The fraction of sp³-hybridized carbons (Fsp3) is 0.333. The summed E-state index contributed by atoms with van der Waals surface area (Å²) in [5.74, 6) is 1.84. The summed E-state index contributed by atoms with van der Waals surface area (Å²) >= 11 is 0. The predicted molar refractivity (Wildman–Crippen MR) is 72.2 cm³/mol. The zero-order valence-electron chi connectivity index (χ0n) is 10.9. The summed E-state index contributed by atoms with van der Waals surface area (Å²) < 4.78 is 5.40. The highest BCUT2D eigenvalue weighted by molar-refractivity contribution is 5.94. The van der Waals surface area contributed by atoms with Gasteiger partial charge in [-0.2, -0.15) is 0 Å². The van der Waals surface area contributed by atoms with E-state index in [2.05, 4.69) is 9.88 Å². The number of hydrogen-bond donors (Lipinski definition) is 0. The predicted octanol–water partition coefficient (Wildman–Crippen LogP) is 3.05. The standard InChI is InChI=1S/C15H16N2O2/c1-11(18)12-6-7-16-15(9-12)17(13-4-5-13)10-14-3-2-8-19-14/h2-3,6-9,13H,4-5,10H2,1H3. The molecule has 0 bridgehead atoms. The second kappa shape index (κ2) is 4.88. The summed E-state index contributed by atoms with van der Waals surface area (Å²) in [4.78, 5) is 18.1. The molecule has 2 aromatic rings. The number of furan rings is 1. The van der Waals surface area contributed by atoms with Gasteiger partial charge >= 0.3 is 0 Å². The lowest BCUT2D eigenvalue weighted by atomic mass is 10.2. The van der Waals surface area contributed by atoms with Gasteiger partial charge in [-0.25, -0.2) is 4.98 Å². The van der Waals surface area contributed by atoms with Crippen LogP contribution in [0.3, 0.4) is 0 Å². The highest BCUT2D eigenvalue weighted by Crippen LogP contribution is 2.32. The molecule has 4 heteroatoms. The van der Waals surface area contributed by atoms with Gasteiger partial charge in [-0.3, -0.25) is 4.79 Å². The van der Waals surface area contributed by atoms with E-state index < -0.39 is 0 Å². The molecule has 1 aliphatic carbocycles. The van der Waals surface area contributed by atoms with E-state index >= 15 is 0 Å². The Balaban J connectivity index is 1.87. The molecule has 0 saturated heterocycles. The molecule has 0 spiro atoms. The van der Waals surface area contributed by atoms with E-state index in [0.717, 1.165) is 11.6 Å². The molecule has 2 heterocycles. The van der Waals surface area contributed by atoms with Gasteiger partial charge in [-0.1, -0.05) is 0 Å². The first-order valence-corrected chi connectivity index (χ1v) is 6.50. The Morgan fingerprint density at radius 2 is 2.32 bits per heavy atom. The lowest BCUT2D eigenvalue weighted by Crippen LogP contribution is -2.25. The third-order valence-electron chi connectivity index (χ3n) is 3.34. The molecule has 1 fully saturated rings. The van der Waals surface area contributed by atoms with Crippen molar-refractivity contribution in [3.05, 3.63) is 48.0 Å². The van der Waals surface area contributed by atoms with E-state index in [1.807, 2.05) is 18.2 Å². The van der Waals surface area contributed by atoms with Crippen LogP contribution in [0.1, 0.15) is 35.9 Å². The number of aromatic nitrogens is 1. The number of anilines is 1. The Morgan fingerprint density at radius 1 is 1.47 bits per heavy atom. The first kappa shape index (κ1) is 12.0. The van der Waals surface area contributed by atoms with Crippen molar-refractivity contribution in [1.29, 1.82) is 0 Å². The van der Waals surface area contributed by atoms with Gasteiger partial charge < -0.3 is 9.32 Å². The number of carbonyl (C=O) groups excluding carboxylic acids is 1. The van der Waals surface area contributed by atoms with Gasteiger partial charge in [-0.15, -0.1) is 0 Å². The minimum atomic E-state index is 0.0670. The molecule has 1 aliphatic rings. The molecule has 98 valence electrons. The number of Topliss-reactive ketones (excluding diaryl/α,β-unsaturated/α-hetero) is 1. The summed E-state index contributed by atoms with van der Waals surface area (Å²) in [6, 6.07) is 7.98. The van der Waals surface area contributed by atoms with Gasteiger partial charge in [0.05, 0.1) is 12.8 Å². The van der Waals surface area contributed by atoms with Crippen molar-refractivity contribution >= 4 is 11.6 Å². The highest BCUT2D eigenvalue weighted by Gasteiger charge is 2.30. The average Bonchev–Trinajstić information content (AvgIpc) is 3.13. The quantitative estimate of drug-likeness (QED) is 0.771. The Hall–Kier alpha value is -2.10. The fourth-order valence-corrected chi connectivity index (χ4v) is 2.15. The maximum atomic E-state index is 11.5. The van der Waals surface area contributed by atoms with Crippen molar-refractivity contribution in [3.8, 4) is 0 Å². The van der Waals surface area contributed by atoms with Crippen LogP contribution < -0.4 is 4.90 Å². The first-order chi connectivity index (χ1) is 9.24. The molecule has 4 nitrogen and oxygen atoms in total. The average molecular weight is 256 g/mol. The first-order valence-electron chi connectivity index (χ1n) is 6.50. The number of nitrogens with zero attached hydrogens (tertiary/aromatic N) is 2. The summed E-state index contributed by atoms with van der Waals surface area (Å²) in [6.07, 6.45) is 5.72. The second-order valence-electron chi connectivity index (χ2n) is 4.90. The van der Waals surface area contributed by atoms with Crippen LogP contribution in [-0.2, 0) is 6.54 Å². The van der Waals surface area contributed by atoms with E-state index in [0.29, 0.717) is 18.2 Å². The maximum absolute atomic E-state index is 11.5. The SMILES string of the molecule is CC(=O)c1ccnc(N(Cc2ccco2)C2CC2)c1. The van der Waals surface area contributed by atoms with E-state index in [1.165, 1.54) is 12.8 Å². The van der Waals surface area contributed by atoms with Crippen LogP contribution in [0.25, 0.3) is 0 Å². The number of carbonyl (C=O) groups is 1. The lowest BCUT2D eigenvalue weighted by molar-refractivity contribution is 0.101. The van der Waals surface area contributed by atoms with E-state index in [-0.39, 0.29) is 5.78 Å². The summed E-state index contributed by atoms with van der Waals surface area (Å²) in [5, 5.41) is 0. The highest BCUT2D eigenvalue weighted by atomic mass is 16.3. The van der Waals surface area contributed by atoms with Crippen molar-refractivity contribution in [2.24, 2.45) is 0 Å². The summed E-state index contributed by atoms with van der Waals surface area (Å²) in [6.45, 7) is 2.28. The maximum Gasteiger partial charge on any atom is 0.159 e. The van der Waals surface area contributed by atoms with Crippen LogP contribution in [0.5, 0.6) is 0 Å². The van der Waals surface area contributed by atoms with Crippen LogP contribution in [0.4, 0.5) is 5.82 Å². The summed E-state index contributed by atoms with van der Waals surface area (Å²) in [7, 11) is 0. The normalized spacial score (nSPS) is 14.4. The topological polar surface area (TPSA) is 46.3 Å². The number of rotatable bonds is 5. The second-order valence-corrected chi connectivity index (χ2v) is 4.90. The van der Waals surface area contributed by atoms with Gasteiger partial charge in [0.1, 0.15) is 11.6 Å². The van der Waals surface area contributed by atoms with Crippen molar-refractivity contribution in [3.63, 3.8) is 0 Å². The van der Waals surface area contributed by atoms with Gasteiger partial charge in [0.15, 0.2) is 5.78 Å². The molecular formula is C15H16N2O2. The van der Waals surface area contributed by atoms with E-state index in [4.69, 9.17) is 4.42 Å². The van der Waals surface area contributed by atoms with E-state index in [9.17, 15) is 4.79 Å². The molecule has 0 unspecified atom stereocenters. The minimum absolute atomic E-state index is 0.0670. The van der Waals surface area contributed by atoms with Crippen molar-refractivity contribution < 1.29 is 9.21 Å². The Kier molecular flexibility index (Phi) is 3.07. The molecule has 0 radical (unpaired) electrons. The molecule has 1 saturated carbocycles. The molecule has 0 atom stereocenters. The molecule has 2 aromatic heterocycles. The summed E-state index contributed by atoms with van der Waals surface area (Å²) in [5.41, 5.74) is 0.704. The number of pyridine rings is 1. The lowest BCUT2D eigenvalue weighted by Gasteiger charge is -2.22. The van der Waals surface area contributed by atoms with Crippen molar-refractivity contribution in [2.75, 3.05) is 4.90 Å². The Bertz CT molecular complexity index is 574. The largest absolute Gasteiger partial charge is 0.467 e. The third-order valence-corrected chi connectivity index (χ3v) is 3.34. The Morgan fingerprint density at radius 3 is 2.95 bits per heavy atom. The zero-order chi connectivity index (χ0) is 13.2. The third kappa shape index (κ3) is 2.67. The number of hydrogen-bond acceptors (Lipinski definition) is 4.